The Kier molecular flexibility index (Phi) is 10.9. The highest BCUT2D eigenvalue weighted by molar-refractivity contribution is 6.30. The van der Waals surface area contributed by atoms with Gasteiger partial charge in [-0.2, -0.15) is 0 Å². The Hall–Kier alpha value is -3.40. The Morgan fingerprint density at radius 1 is 1.03 bits per heavy atom. The topological polar surface area (TPSA) is 117 Å². The molecule has 0 aromatic heterocycles. The van der Waals surface area contributed by atoms with Crippen molar-refractivity contribution in [2.24, 2.45) is 0 Å². The number of nitrogens with zero attached hydrogens (tertiary/aromatic N) is 2. The minimum atomic E-state index is -1.26. The van der Waals surface area contributed by atoms with E-state index in [1.54, 1.807) is 0 Å². The molecule has 4 rings (SSSR count). The maximum atomic E-state index is 12.8. The third-order valence-electron chi connectivity index (χ3n) is 6.01. The molecule has 2 unspecified atom stereocenters. The first-order chi connectivity index (χ1) is 17.8. The van der Waals surface area contributed by atoms with E-state index in [1.165, 1.54) is 0 Å². The van der Waals surface area contributed by atoms with Crippen molar-refractivity contribution in [1.29, 1.82) is 0 Å². The molecular formula is C27H31ClN2O7. The van der Waals surface area contributed by atoms with Crippen LogP contribution in [-0.2, 0) is 25.5 Å². The SMILES string of the molecule is O=C(O)C=CC(=O)O.O=C1OC(Cc2cccc(Cl)c2)CN1C(CCN1CCOCC1)c1ccccc1. The van der Waals surface area contributed by atoms with Crippen molar-refractivity contribution in [3.8, 4) is 0 Å². The fourth-order valence-electron chi connectivity index (χ4n) is 4.28. The zero-order chi connectivity index (χ0) is 26.6. The minimum Gasteiger partial charge on any atom is -0.478 e. The summed E-state index contributed by atoms with van der Waals surface area (Å²) >= 11 is 6.10. The van der Waals surface area contributed by atoms with Gasteiger partial charge in [-0.1, -0.05) is 54.1 Å². The van der Waals surface area contributed by atoms with Crippen LogP contribution in [0.2, 0.25) is 5.02 Å². The van der Waals surface area contributed by atoms with Gasteiger partial charge in [0.05, 0.1) is 25.8 Å². The number of hydrogen-bond acceptors (Lipinski definition) is 6. The molecule has 2 saturated heterocycles. The molecule has 2 N–H and O–H groups in total. The second-order valence-electron chi connectivity index (χ2n) is 8.67. The van der Waals surface area contributed by atoms with Gasteiger partial charge in [-0.05, 0) is 29.7 Å². The highest BCUT2D eigenvalue weighted by Crippen LogP contribution is 2.30. The number of rotatable bonds is 9. The minimum absolute atomic E-state index is 0.0101. The highest BCUT2D eigenvalue weighted by atomic mass is 35.5. The maximum Gasteiger partial charge on any atom is 0.410 e. The summed E-state index contributed by atoms with van der Waals surface area (Å²) in [6.07, 6.45) is 2.28. The van der Waals surface area contributed by atoms with Crippen LogP contribution in [0.3, 0.4) is 0 Å². The number of carbonyl (C=O) groups excluding carboxylic acids is 1. The number of hydrogen-bond donors (Lipinski definition) is 2. The average Bonchev–Trinajstić information content (AvgIpc) is 3.24. The zero-order valence-electron chi connectivity index (χ0n) is 20.4. The quantitative estimate of drug-likeness (QED) is 0.469. The predicted octanol–water partition coefficient (Wildman–Crippen LogP) is 3.88. The first kappa shape index (κ1) is 28.2. The van der Waals surface area contributed by atoms with E-state index >= 15 is 0 Å². The van der Waals surface area contributed by atoms with Crippen molar-refractivity contribution >= 4 is 29.6 Å². The van der Waals surface area contributed by atoms with Crippen molar-refractivity contribution in [3.63, 3.8) is 0 Å². The molecule has 1 amide bonds. The number of carbonyl (C=O) groups is 3. The van der Waals surface area contributed by atoms with Crippen LogP contribution in [0.15, 0.2) is 66.7 Å². The number of cyclic esters (lactones) is 1. The number of ether oxygens (including phenoxy) is 2. The highest BCUT2D eigenvalue weighted by Gasteiger charge is 2.36. The lowest BCUT2D eigenvalue weighted by Gasteiger charge is -2.31. The van der Waals surface area contributed by atoms with E-state index in [9.17, 15) is 14.4 Å². The first-order valence-corrected chi connectivity index (χ1v) is 12.4. The molecule has 37 heavy (non-hydrogen) atoms. The number of amides is 1. The van der Waals surface area contributed by atoms with Crippen molar-refractivity contribution in [2.45, 2.75) is 25.0 Å². The molecule has 0 radical (unpaired) electrons. The lowest BCUT2D eigenvalue weighted by Crippen LogP contribution is -2.39. The van der Waals surface area contributed by atoms with Crippen LogP contribution in [0, 0.1) is 0 Å². The van der Waals surface area contributed by atoms with Crippen LogP contribution >= 0.6 is 11.6 Å². The molecule has 2 fully saturated rings. The van der Waals surface area contributed by atoms with Crippen LogP contribution in [0.25, 0.3) is 0 Å². The van der Waals surface area contributed by atoms with E-state index in [0.29, 0.717) is 30.1 Å². The number of carboxylic acid groups (broad SMARTS) is 2. The Morgan fingerprint density at radius 2 is 1.70 bits per heavy atom. The lowest BCUT2D eigenvalue weighted by molar-refractivity contribution is -0.134. The zero-order valence-corrected chi connectivity index (χ0v) is 21.1. The normalized spacial score (nSPS) is 18.7. The van der Waals surface area contributed by atoms with Crippen molar-refractivity contribution < 1.29 is 34.1 Å². The lowest BCUT2D eigenvalue weighted by atomic mass is 10.0. The van der Waals surface area contributed by atoms with E-state index in [2.05, 4.69) is 17.0 Å². The summed E-state index contributed by atoms with van der Waals surface area (Å²) in [4.78, 5) is 36.2. The van der Waals surface area contributed by atoms with E-state index < -0.39 is 11.9 Å². The van der Waals surface area contributed by atoms with Crippen molar-refractivity contribution in [2.75, 3.05) is 39.4 Å². The number of carboxylic acids is 2. The summed E-state index contributed by atoms with van der Waals surface area (Å²) in [6.45, 7) is 4.99. The summed E-state index contributed by atoms with van der Waals surface area (Å²) < 4.78 is 11.2. The van der Waals surface area contributed by atoms with Gasteiger partial charge in [0.1, 0.15) is 6.10 Å². The second kappa shape index (κ2) is 14.4. The van der Waals surface area contributed by atoms with Gasteiger partial charge in [0.25, 0.3) is 0 Å². The summed E-state index contributed by atoms with van der Waals surface area (Å²) in [6, 6.07) is 18.0. The Bertz CT molecular complexity index is 1060. The smallest absolute Gasteiger partial charge is 0.410 e. The molecule has 10 heteroatoms. The van der Waals surface area contributed by atoms with E-state index in [1.807, 2.05) is 47.4 Å². The van der Waals surface area contributed by atoms with E-state index in [4.69, 9.17) is 31.3 Å². The third-order valence-corrected chi connectivity index (χ3v) is 6.24. The van der Waals surface area contributed by atoms with Crippen LogP contribution in [0.4, 0.5) is 4.79 Å². The van der Waals surface area contributed by atoms with Crippen LogP contribution in [0.1, 0.15) is 23.6 Å². The standard InChI is InChI=1S/C23H27ClN2O3.C4H4O4/c24-20-8-4-5-18(15-20)16-21-17-26(23(27)29-21)22(19-6-2-1-3-7-19)9-10-25-11-13-28-14-12-25;5-3(6)1-2-4(7)8/h1-8,15,21-22H,9-14,16-17H2;1-2H,(H,5,6)(H,7,8). The molecule has 0 saturated carbocycles. The van der Waals surface area contributed by atoms with Gasteiger partial charge in [0.2, 0.25) is 0 Å². The third kappa shape index (κ3) is 9.53. The van der Waals surface area contributed by atoms with E-state index in [0.717, 1.165) is 50.4 Å². The van der Waals surface area contributed by atoms with Crippen molar-refractivity contribution in [1.82, 2.24) is 9.80 Å². The van der Waals surface area contributed by atoms with Crippen LogP contribution in [-0.4, -0.2) is 83.5 Å². The molecule has 9 nitrogen and oxygen atoms in total. The van der Waals surface area contributed by atoms with Gasteiger partial charge < -0.3 is 19.7 Å². The fourth-order valence-corrected chi connectivity index (χ4v) is 4.49. The van der Waals surface area contributed by atoms with Gasteiger partial charge in [-0.25, -0.2) is 14.4 Å². The molecular weight excluding hydrogens is 500 g/mol. The molecule has 0 spiro atoms. The summed E-state index contributed by atoms with van der Waals surface area (Å²) in [5.41, 5.74) is 2.24. The molecule has 2 aliphatic heterocycles. The average molecular weight is 531 g/mol. The Balaban J connectivity index is 0.000000414. The number of aliphatic carboxylic acids is 2. The first-order valence-electron chi connectivity index (χ1n) is 12.0. The summed E-state index contributed by atoms with van der Waals surface area (Å²) in [5, 5.41) is 16.3. The molecule has 2 heterocycles. The Labute approximate surface area is 220 Å². The molecule has 198 valence electrons. The van der Waals surface area contributed by atoms with Gasteiger partial charge in [0.15, 0.2) is 0 Å². The van der Waals surface area contributed by atoms with Gasteiger partial charge in [-0.3, -0.25) is 9.80 Å². The van der Waals surface area contributed by atoms with Crippen LogP contribution in [0.5, 0.6) is 0 Å². The molecule has 2 aromatic carbocycles. The predicted molar refractivity (Wildman–Crippen MR) is 138 cm³/mol. The monoisotopic (exact) mass is 530 g/mol. The molecule has 2 atom stereocenters. The van der Waals surface area contributed by atoms with Gasteiger partial charge in [0, 0.05) is 43.2 Å². The van der Waals surface area contributed by atoms with Gasteiger partial charge in [-0.15, -0.1) is 0 Å². The number of benzene rings is 2. The second-order valence-corrected chi connectivity index (χ2v) is 9.11. The Morgan fingerprint density at radius 3 is 2.32 bits per heavy atom. The molecule has 2 aromatic rings. The molecule has 0 aliphatic carbocycles. The summed E-state index contributed by atoms with van der Waals surface area (Å²) in [7, 11) is 0. The van der Waals surface area contributed by atoms with E-state index in [-0.39, 0.29) is 18.2 Å². The molecule has 2 aliphatic rings. The fraction of sp³-hybridized carbons (Fsp3) is 0.370. The molecule has 0 bridgehead atoms. The number of halogens is 1. The number of morpholine rings is 1. The van der Waals surface area contributed by atoms with Crippen molar-refractivity contribution in [3.05, 3.63) is 82.9 Å². The maximum absolute atomic E-state index is 12.8. The van der Waals surface area contributed by atoms with Crippen LogP contribution < -0.4 is 0 Å². The summed E-state index contributed by atoms with van der Waals surface area (Å²) in [5.74, 6) is -2.51. The van der Waals surface area contributed by atoms with Gasteiger partial charge >= 0.3 is 18.0 Å². The largest absolute Gasteiger partial charge is 0.478 e.